The molecule has 4 rings (SSSR count). The molecule has 0 radical (unpaired) electrons. The summed E-state index contributed by atoms with van der Waals surface area (Å²) < 4.78 is 24.2. The molecule has 0 atom stereocenters. The van der Waals surface area contributed by atoms with Crippen LogP contribution in [-0.4, -0.2) is 11.8 Å². The van der Waals surface area contributed by atoms with Gasteiger partial charge in [-0.25, -0.2) is 9.18 Å². The van der Waals surface area contributed by atoms with Gasteiger partial charge in [0.25, 0.3) is 0 Å². The minimum Gasteiger partial charge on any atom is -0.452 e. The van der Waals surface area contributed by atoms with Gasteiger partial charge in [0.1, 0.15) is 17.3 Å². The molecule has 1 aliphatic rings. The second-order valence-corrected chi connectivity index (χ2v) is 6.49. The molecule has 0 unspecified atom stereocenters. The van der Waals surface area contributed by atoms with Gasteiger partial charge in [-0.2, -0.15) is 0 Å². The first kappa shape index (κ1) is 17.9. The molecule has 3 aromatic carbocycles. The van der Waals surface area contributed by atoms with Crippen molar-refractivity contribution < 1.29 is 23.5 Å². The number of hydrogen-bond donors (Lipinski definition) is 0. The lowest BCUT2D eigenvalue weighted by atomic mass is 10.1. The van der Waals surface area contributed by atoms with Gasteiger partial charge in [0.05, 0.1) is 11.1 Å². The maximum absolute atomic E-state index is 13.3. The quantitative estimate of drug-likeness (QED) is 0.343. The van der Waals surface area contributed by atoms with Gasteiger partial charge in [-0.3, -0.25) is 4.79 Å². The van der Waals surface area contributed by atoms with Crippen LogP contribution in [0.25, 0.3) is 6.08 Å². The van der Waals surface area contributed by atoms with E-state index in [0.29, 0.717) is 21.7 Å². The summed E-state index contributed by atoms with van der Waals surface area (Å²) in [5, 5.41) is 0.513. The monoisotopic (exact) mass is 394 g/mol. The van der Waals surface area contributed by atoms with Crippen molar-refractivity contribution in [3.05, 3.63) is 100 Å². The Morgan fingerprint density at radius 2 is 1.82 bits per heavy atom. The van der Waals surface area contributed by atoms with E-state index in [1.54, 1.807) is 36.4 Å². The molecule has 1 aliphatic heterocycles. The summed E-state index contributed by atoms with van der Waals surface area (Å²) >= 11 is 5.81. The van der Waals surface area contributed by atoms with E-state index in [1.807, 2.05) is 0 Å². The number of allylic oxidation sites excluding steroid dienone is 1. The Kier molecular flexibility index (Phi) is 4.67. The molecule has 0 saturated carbocycles. The van der Waals surface area contributed by atoms with Crippen molar-refractivity contribution in [3.8, 4) is 11.5 Å². The van der Waals surface area contributed by atoms with Gasteiger partial charge < -0.3 is 9.47 Å². The zero-order valence-corrected chi connectivity index (χ0v) is 15.1. The van der Waals surface area contributed by atoms with E-state index >= 15 is 0 Å². The van der Waals surface area contributed by atoms with Crippen molar-refractivity contribution in [2.45, 2.75) is 0 Å². The number of hydrogen-bond acceptors (Lipinski definition) is 4. The van der Waals surface area contributed by atoms with Gasteiger partial charge in [-0.1, -0.05) is 23.7 Å². The van der Waals surface area contributed by atoms with E-state index in [9.17, 15) is 14.0 Å². The minimum atomic E-state index is -0.559. The first-order valence-corrected chi connectivity index (χ1v) is 8.69. The minimum absolute atomic E-state index is 0.0711. The third kappa shape index (κ3) is 3.66. The molecule has 138 valence electrons. The van der Waals surface area contributed by atoms with E-state index in [0.717, 1.165) is 0 Å². The molecule has 0 amide bonds. The molecule has 0 aliphatic carbocycles. The summed E-state index contributed by atoms with van der Waals surface area (Å²) in [7, 11) is 0. The van der Waals surface area contributed by atoms with E-state index in [1.165, 1.54) is 36.4 Å². The van der Waals surface area contributed by atoms with Crippen molar-refractivity contribution in [2.24, 2.45) is 0 Å². The Hall–Kier alpha value is -3.44. The lowest BCUT2D eigenvalue weighted by Gasteiger charge is -2.05. The van der Waals surface area contributed by atoms with Crippen LogP contribution in [0.4, 0.5) is 4.39 Å². The molecule has 3 aromatic rings. The van der Waals surface area contributed by atoms with Crippen LogP contribution in [0, 0.1) is 5.82 Å². The second-order valence-electron chi connectivity index (χ2n) is 6.05. The van der Waals surface area contributed by atoms with Crippen LogP contribution in [0.3, 0.4) is 0 Å². The number of carbonyl (C=O) groups is 2. The van der Waals surface area contributed by atoms with Crippen molar-refractivity contribution in [2.75, 3.05) is 0 Å². The number of halogens is 2. The Morgan fingerprint density at radius 3 is 2.57 bits per heavy atom. The highest BCUT2D eigenvalue weighted by Crippen LogP contribution is 2.35. The summed E-state index contributed by atoms with van der Waals surface area (Å²) in [6.07, 6.45) is 1.46. The Balaban J connectivity index is 1.55. The Bertz CT molecular complexity index is 1120. The third-order valence-corrected chi connectivity index (χ3v) is 4.33. The number of Topliss-reactive ketones (excluding diaryl/α,β-unsaturated/α-hetero) is 1. The number of rotatable bonds is 3. The largest absolute Gasteiger partial charge is 0.452 e. The van der Waals surface area contributed by atoms with Crippen molar-refractivity contribution in [3.63, 3.8) is 0 Å². The molecule has 0 N–H and O–H groups in total. The standard InChI is InChI=1S/C22H12ClFO4/c23-15-6-4-14(5-7-15)22(26)27-17-8-9-18-19(12-17)28-20(21(18)25)11-13-2-1-3-16(24)10-13/h1-12H. The fourth-order valence-corrected chi connectivity index (χ4v) is 2.86. The molecule has 0 spiro atoms. The predicted molar refractivity (Wildman–Crippen MR) is 102 cm³/mol. The van der Waals surface area contributed by atoms with Gasteiger partial charge in [-0.05, 0) is 60.2 Å². The zero-order valence-electron chi connectivity index (χ0n) is 14.3. The molecule has 6 heteroatoms. The number of carbonyl (C=O) groups excluding carboxylic acids is 2. The Morgan fingerprint density at radius 1 is 1.04 bits per heavy atom. The summed E-state index contributed by atoms with van der Waals surface area (Å²) in [4.78, 5) is 24.7. The molecule has 0 bridgehead atoms. The summed E-state index contributed by atoms with van der Waals surface area (Å²) in [5.41, 5.74) is 1.19. The van der Waals surface area contributed by atoms with Crippen LogP contribution in [-0.2, 0) is 0 Å². The highest BCUT2D eigenvalue weighted by atomic mass is 35.5. The number of ether oxygens (including phenoxy) is 2. The molecular formula is C22H12ClFO4. The van der Waals surface area contributed by atoms with Gasteiger partial charge in [-0.15, -0.1) is 0 Å². The molecule has 0 aromatic heterocycles. The maximum atomic E-state index is 13.3. The number of ketones is 1. The summed E-state index contributed by atoms with van der Waals surface area (Å²) in [6, 6.07) is 16.6. The molecule has 1 heterocycles. The van der Waals surface area contributed by atoms with Crippen molar-refractivity contribution >= 4 is 29.4 Å². The van der Waals surface area contributed by atoms with Crippen LogP contribution in [0.2, 0.25) is 5.02 Å². The van der Waals surface area contributed by atoms with E-state index < -0.39 is 11.8 Å². The van der Waals surface area contributed by atoms with E-state index in [-0.39, 0.29) is 23.0 Å². The smallest absolute Gasteiger partial charge is 0.343 e. The second kappa shape index (κ2) is 7.29. The molecule has 4 nitrogen and oxygen atoms in total. The highest BCUT2D eigenvalue weighted by molar-refractivity contribution is 6.30. The van der Waals surface area contributed by atoms with Gasteiger partial charge in [0, 0.05) is 11.1 Å². The van der Waals surface area contributed by atoms with Gasteiger partial charge in [0.15, 0.2) is 5.76 Å². The molecule has 0 fully saturated rings. The van der Waals surface area contributed by atoms with Gasteiger partial charge in [0.2, 0.25) is 5.78 Å². The SMILES string of the molecule is O=C(Oc1ccc2c(c1)OC(=Cc1cccc(F)c1)C2=O)c1ccc(Cl)cc1. The highest BCUT2D eigenvalue weighted by Gasteiger charge is 2.28. The molecular weight excluding hydrogens is 383 g/mol. The van der Waals surface area contributed by atoms with E-state index in [4.69, 9.17) is 21.1 Å². The van der Waals surface area contributed by atoms with Crippen LogP contribution < -0.4 is 9.47 Å². The number of benzene rings is 3. The summed E-state index contributed by atoms with van der Waals surface area (Å²) in [6.45, 7) is 0. The fourth-order valence-electron chi connectivity index (χ4n) is 2.73. The van der Waals surface area contributed by atoms with Gasteiger partial charge >= 0.3 is 5.97 Å². The zero-order chi connectivity index (χ0) is 19.7. The van der Waals surface area contributed by atoms with Crippen LogP contribution >= 0.6 is 11.6 Å². The summed E-state index contributed by atoms with van der Waals surface area (Å²) in [5.74, 6) is -0.714. The van der Waals surface area contributed by atoms with Crippen LogP contribution in [0.5, 0.6) is 11.5 Å². The number of fused-ring (bicyclic) bond motifs is 1. The predicted octanol–water partition coefficient (Wildman–Crippen LogP) is 5.31. The Labute approximate surface area is 164 Å². The van der Waals surface area contributed by atoms with Crippen molar-refractivity contribution in [1.29, 1.82) is 0 Å². The average Bonchev–Trinajstić information content (AvgIpc) is 2.97. The van der Waals surface area contributed by atoms with Crippen LogP contribution in [0.15, 0.2) is 72.5 Å². The van der Waals surface area contributed by atoms with Crippen LogP contribution in [0.1, 0.15) is 26.3 Å². The van der Waals surface area contributed by atoms with Crippen molar-refractivity contribution in [1.82, 2.24) is 0 Å². The van der Waals surface area contributed by atoms with E-state index in [2.05, 4.69) is 0 Å². The number of esters is 1. The molecule has 0 saturated heterocycles. The lowest BCUT2D eigenvalue weighted by Crippen LogP contribution is -2.08. The molecule has 28 heavy (non-hydrogen) atoms. The average molecular weight is 395 g/mol. The fraction of sp³-hybridized carbons (Fsp3) is 0. The first-order chi connectivity index (χ1) is 13.5. The third-order valence-electron chi connectivity index (χ3n) is 4.08. The first-order valence-electron chi connectivity index (χ1n) is 8.31. The maximum Gasteiger partial charge on any atom is 0.343 e. The topological polar surface area (TPSA) is 52.6 Å². The normalized spacial score (nSPS) is 13.9. The lowest BCUT2D eigenvalue weighted by molar-refractivity contribution is 0.0734.